The van der Waals surface area contributed by atoms with E-state index in [0.29, 0.717) is 0 Å². The average Bonchev–Trinajstić information content (AvgIpc) is 2.16. The van der Waals surface area contributed by atoms with Crippen LogP contribution in [-0.2, 0) is 4.79 Å². The van der Waals surface area contributed by atoms with Crippen LogP contribution in [0.15, 0.2) is 0 Å². The summed E-state index contributed by atoms with van der Waals surface area (Å²) in [5.74, 6) is 1.10. The Kier molecular flexibility index (Phi) is 6.65. The van der Waals surface area contributed by atoms with Crippen LogP contribution < -0.4 is 5.32 Å². The van der Waals surface area contributed by atoms with E-state index < -0.39 is 0 Å². The molecule has 1 heterocycles. The van der Waals surface area contributed by atoms with Gasteiger partial charge in [0.2, 0.25) is 5.91 Å². The lowest BCUT2D eigenvalue weighted by molar-refractivity contribution is -0.140. The van der Waals surface area contributed by atoms with Crippen molar-refractivity contribution in [3.63, 3.8) is 0 Å². The Morgan fingerprint density at radius 3 is 1.81 bits per heavy atom. The average molecular weight is 228 g/mol. The van der Waals surface area contributed by atoms with Crippen molar-refractivity contribution in [1.82, 2.24) is 10.2 Å². The van der Waals surface area contributed by atoms with Crippen molar-refractivity contribution < 1.29 is 4.79 Å². The van der Waals surface area contributed by atoms with Gasteiger partial charge in [-0.05, 0) is 5.92 Å². The molecular formula is C13H28N2O. The molecule has 16 heavy (non-hydrogen) atoms. The van der Waals surface area contributed by atoms with Gasteiger partial charge < -0.3 is 10.2 Å². The van der Waals surface area contributed by atoms with E-state index in [-0.39, 0.29) is 11.3 Å². The molecule has 0 aromatic heterocycles. The first-order chi connectivity index (χ1) is 7.25. The van der Waals surface area contributed by atoms with E-state index in [1.54, 1.807) is 0 Å². The van der Waals surface area contributed by atoms with Gasteiger partial charge in [-0.1, -0.05) is 41.5 Å². The lowest BCUT2D eigenvalue weighted by Crippen LogP contribution is -2.49. The SMILES string of the molecule is CC(C)(C)C(=O)N1CCNCC1.CC(C)C. The zero-order valence-electron chi connectivity index (χ0n) is 11.8. The van der Waals surface area contributed by atoms with E-state index in [0.717, 1.165) is 32.1 Å². The summed E-state index contributed by atoms with van der Waals surface area (Å²) in [6.45, 7) is 16.0. The van der Waals surface area contributed by atoms with Crippen molar-refractivity contribution in [2.24, 2.45) is 11.3 Å². The van der Waals surface area contributed by atoms with Crippen LogP contribution in [0.2, 0.25) is 0 Å². The maximum absolute atomic E-state index is 11.7. The van der Waals surface area contributed by atoms with Crippen molar-refractivity contribution in [2.45, 2.75) is 41.5 Å². The molecule has 96 valence electrons. The Morgan fingerprint density at radius 2 is 1.50 bits per heavy atom. The van der Waals surface area contributed by atoms with Crippen molar-refractivity contribution in [3.05, 3.63) is 0 Å². The molecule has 0 saturated carbocycles. The normalized spacial score (nSPS) is 16.8. The van der Waals surface area contributed by atoms with Crippen LogP contribution in [0.3, 0.4) is 0 Å². The van der Waals surface area contributed by atoms with Gasteiger partial charge in [-0.2, -0.15) is 0 Å². The number of hydrogen-bond donors (Lipinski definition) is 1. The summed E-state index contributed by atoms with van der Waals surface area (Å²) >= 11 is 0. The molecule has 0 aromatic carbocycles. The first kappa shape index (κ1) is 15.4. The summed E-state index contributed by atoms with van der Waals surface area (Å²) in [6, 6.07) is 0. The third kappa shape index (κ3) is 6.83. The van der Waals surface area contributed by atoms with E-state index in [1.807, 2.05) is 25.7 Å². The minimum absolute atomic E-state index is 0.225. The summed E-state index contributed by atoms with van der Waals surface area (Å²) in [7, 11) is 0. The maximum atomic E-state index is 11.7. The second kappa shape index (κ2) is 6.89. The predicted octanol–water partition coefficient (Wildman–Crippen LogP) is 2.13. The van der Waals surface area contributed by atoms with Crippen molar-refractivity contribution in [3.8, 4) is 0 Å². The number of carbonyl (C=O) groups excluding carboxylic acids is 1. The fourth-order valence-electron chi connectivity index (χ4n) is 1.34. The van der Waals surface area contributed by atoms with Crippen LogP contribution >= 0.6 is 0 Å². The Labute approximate surface area is 101 Å². The fraction of sp³-hybridized carbons (Fsp3) is 0.923. The second-order valence-corrected chi connectivity index (χ2v) is 6.02. The second-order valence-electron chi connectivity index (χ2n) is 6.02. The maximum Gasteiger partial charge on any atom is 0.228 e. The summed E-state index contributed by atoms with van der Waals surface area (Å²) in [5.41, 5.74) is -0.225. The number of hydrogen-bond acceptors (Lipinski definition) is 2. The Balaban J connectivity index is 0.000000487. The number of rotatable bonds is 0. The molecule has 3 nitrogen and oxygen atoms in total. The fourth-order valence-corrected chi connectivity index (χ4v) is 1.34. The molecule has 1 saturated heterocycles. The molecule has 3 heteroatoms. The highest BCUT2D eigenvalue weighted by molar-refractivity contribution is 5.81. The lowest BCUT2D eigenvalue weighted by atomic mass is 9.94. The number of amides is 1. The van der Waals surface area contributed by atoms with E-state index in [1.165, 1.54) is 0 Å². The highest BCUT2D eigenvalue weighted by Gasteiger charge is 2.27. The van der Waals surface area contributed by atoms with E-state index in [4.69, 9.17) is 0 Å². The summed E-state index contributed by atoms with van der Waals surface area (Å²) in [4.78, 5) is 13.7. The van der Waals surface area contributed by atoms with Crippen LogP contribution in [0.25, 0.3) is 0 Å². The van der Waals surface area contributed by atoms with Crippen LogP contribution in [0.5, 0.6) is 0 Å². The summed E-state index contributed by atoms with van der Waals surface area (Å²) < 4.78 is 0. The molecule has 1 fully saturated rings. The molecule has 0 aromatic rings. The molecular weight excluding hydrogens is 200 g/mol. The smallest absolute Gasteiger partial charge is 0.228 e. The van der Waals surface area contributed by atoms with Crippen LogP contribution in [0.4, 0.5) is 0 Å². The molecule has 0 bridgehead atoms. The first-order valence-corrected chi connectivity index (χ1v) is 6.25. The monoisotopic (exact) mass is 228 g/mol. The third-order valence-electron chi connectivity index (χ3n) is 2.05. The Hall–Kier alpha value is -0.570. The Morgan fingerprint density at radius 1 is 1.12 bits per heavy atom. The summed E-state index contributed by atoms with van der Waals surface area (Å²) in [6.07, 6.45) is 0. The highest BCUT2D eigenvalue weighted by Crippen LogP contribution is 2.17. The molecule has 0 unspecified atom stereocenters. The van der Waals surface area contributed by atoms with E-state index >= 15 is 0 Å². The van der Waals surface area contributed by atoms with Gasteiger partial charge in [-0.15, -0.1) is 0 Å². The van der Waals surface area contributed by atoms with Gasteiger partial charge >= 0.3 is 0 Å². The van der Waals surface area contributed by atoms with Gasteiger partial charge in [0.05, 0.1) is 0 Å². The van der Waals surface area contributed by atoms with Crippen molar-refractivity contribution in [2.75, 3.05) is 26.2 Å². The van der Waals surface area contributed by atoms with Gasteiger partial charge in [-0.25, -0.2) is 0 Å². The summed E-state index contributed by atoms with van der Waals surface area (Å²) in [5, 5.41) is 3.23. The van der Waals surface area contributed by atoms with Gasteiger partial charge in [0.15, 0.2) is 0 Å². The largest absolute Gasteiger partial charge is 0.340 e. The zero-order valence-corrected chi connectivity index (χ0v) is 11.8. The quantitative estimate of drug-likeness (QED) is 0.689. The minimum atomic E-state index is -0.225. The van der Waals surface area contributed by atoms with Crippen molar-refractivity contribution in [1.29, 1.82) is 0 Å². The lowest BCUT2D eigenvalue weighted by Gasteiger charge is -2.32. The van der Waals surface area contributed by atoms with Crippen LogP contribution in [-0.4, -0.2) is 37.0 Å². The minimum Gasteiger partial charge on any atom is -0.340 e. The molecule has 1 rings (SSSR count). The standard InChI is InChI=1S/C9H18N2O.C4H10/c1-9(2,3)8(12)11-6-4-10-5-7-11;1-4(2)3/h10H,4-7H2,1-3H3;4H,1-3H3. The molecule has 1 aliphatic rings. The van der Waals surface area contributed by atoms with Gasteiger partial charge in [0, 0.05) is 31.6 Å². The predicted molar refractivity (Wildman–Crippen MR) is 69.4 cm³/mol. The highest BCUT2D eigenvalue weighted by atomic mass is 16.2. The van der Waals surface area contributed by atoms with Crippen molar-refractivity contribution >= 4 is 5.91 Å². The number of piperazine rings is 1. The first-order valence-electron chi connectivity index (χ1n) is 6.25. The zero-order chi connectivity index (χ0) is 12.8. The number of nitrogens with zero attached hydrogens (tertiary/aromatic N) is 1. The van der Waals surface area contributed by atoms with Gasteiger partial charge in [0.25, 0.3) is 0 Å². The van der Waals surface area contributed by atoms with Crippen LogP contribution in [0.1, 0.15) is 41.5 Å². The molecule has 1 amide bonds. The molecule has 0 atom stereocenters. The number of nitrogens with one attached hydrogen (secondary N) is 1. The topological polar surface area (TPSA) is 32.3 Å². The van der Waals surface area contributed by atoms with Gasteiger partial charge in [-0.3, -0.25) is 4.79 Å². The van der Waals surface area contributed by atoms with E-state index in [9.17, 15) is 4.79 Å². The van der Waals surface area contributed by atoms with Crippen LogP contribution in [0, 0.1) is 11.3 Å². The molecule has 1 aliphatic heterocycles. The molecule has 1 N–H and O–H groups in total. The van der Waals surface area contributed by atoms with Gasteiger partial charge in [0.1, 0.15) is 0 Å². The number of carbonyl (C=O) groups is 1. The Bertz CT molecular complexity index is 198. The molecule has 0 aliphatic carbocycles. The third-order valence-corrected chi connectivity index (χ3v) is 2.05. The van der Waals surface area contributed by atoms with E-state index in [2.05, 4.69) is 26.1 Å². The molecule has 0 radical (unpaired) electrons. The molecule has 0 spiro atoms.